The second-order valence-electron chi connectivity index (χ2n) is 7.60. The van der Waals surface area contributed by atoms with Crippen molar-refractivity contribution in [3.05, 3.63) is 82.6 Å². The smallest absolute Gasteiger partial charge is 0.266 e. The van der Waals surface area contributed by atoms with Gasteiger partial charge in [0.05, 0.1) is 30.8 Å². The first-order valence-electron chi connectivity index (χ1n) is 10.4. The Morgan fingerprint density at radius 3 is 2.19 bits per heavy atom. The molecule has 5 heteroatoms. The first kappa shape index (κ1) is 20.7. The molecular formula is C26H26N2O3. The first-order chi connectivity index (χ1) is 15.0. The molecule has 0 saturated heterocycles. The number of hydrogen-bond donors (Lipinski definition) is 0. The lowest BCUT2D eigenvalue weighted by Gasteiger charge is -2.16. The molecule has 0 amide bonds. The van der Waals surface area contributed by atoms with Crippen LogP contribution < -0.4 is 15.0 Å². The highest BCUT2D eigenvalue weighted by molar-refractivity contribution is 5.80. The Morgan fingerprint density at radius 1 is 0.935 bits per heavy atom. The van der Waals surface area contributed by atoms with Gasteiger partial charge in [-0.15, -0.1) is 0 Å². The summed E-state index contributed by atoms with van der Waals surface area (Å²) in [6, 6.07) is 21.1. The maximum atomic E-state index is 13.6. The molecule has 0 fully saturated rings. The largest absolute Gasteiger partial charge is 0.497 e. The Morgan fingerprint density at radius 2 is 1.58 bits per heavy atom. The van der Waals surface area contributed by atoms with E-state index in [9.17, 15) is 4.79 Å². The summed E-state index contributed by atoms with van der Waals surface area (Å²) in [5.74, 6) is 2.27. The summed E-state index contributed by atoms with van der Waals surface area (Å²) in [6.45, 7) is 4.37. The van der Waals surface area contributed by atoms with Crippen molar-refractivity contribution in [3.63, 3.8) is 0 Å². The highest BCUT2D eigenvalue weighted by Crippen LogP contribution is 2.30. The Bertz CT molecular complexity index is 1250. The molecule has 0 radical (unpaired) electrons. The summed E-state index contributed by atoms with van der Waals surface area (Å²) < 4.78 is 12.5. The lowest BCUT2D eigenvalue weighted by molar-refractivity contribution is 0.394. The van der Waals surface area contributed by atoms with E-state index in [1.165, 1.54) is 5.56 Å². The molecule has 0 saturated carbocycles. The lowest BCUT2D eigenvalue weighted by atomic mass is 9.98. The number of aromatic nitrogens is 2. The van der Waals surface area contributed by atoms with Gasteiger partial charge >= 0.3 is 0 Å². The molecule has 1 aromatic heterocycles. The van der Waals surface area contributed by atoms with Crippen molar-refractivity contribution in [2.45, 2.75) is 26.2 Å². The van der Waals surface area contributed by atoms with Crippen molar-refractivity contribution in [2.24, 2.45) is 0 Å². The zero-order valence-corrected chi connectivity index (χ0v) is 18.3. The summed E-state index contributed by atoms with van der Waals surface area (Å²) in [5, 5.41) is 0.576. The van der Waals surface area contributed by atoms with Crippen molar-refractivity contribution in [1.82, 2.24) is 9.55 Å². The normalized spacial score (nSPS) is 12.0. The van der Waals surface area contributed by atoms with Gasteiger partial charge in [-0.2, -0.15) is 0 Å². The average molecular weight is 415 g/mol. The third-order valence-electron chi connectivity index (χ3n) is 5.72. The summed E-state index contributed by atoms with van der Waals surface area (Å²) in [7, 11) is 3.21. The van der Waals surface area contributed by atoms with Gasteiger partial charge in [-0.05, 0) is 54.3 Å². The molecule has 0 aliphatic heterocycles. The number of rotatable bonds is 6. The molecular weight excluding hydrogens is 388 g/mol. The van der Waals surface area contributed by atoms with Gasteiger partial charge < -0.3 is 9.47 Å². The van der Waals surface area contributed by atoms with Gasteiger partial charge in [-0.1, -0.05) is 38.1 Å². The van der Waals surface area contributed by atoms with Crippen LogP contribution in [0.4, 0.5) is 0 Å². The monoisotopic (exact) mass is 414 g/mol. The van der Waals surface area contributed by atoms with Crippen LogP contribution in [0.1, 0.15) is 31.7 Å². The predicted octanol–water partition coefficient (Wildman–Crippen LogP) is 5.58. The van der Waals surface area contributed by atoms with Gasteiger partial charge in [0.25, 0.3) is 5.56 Å². The fraction of sp³-hybridized carbons (Fsp3) is 0.231. The maximum absolute atomic E-state index is 13.6. The van der Waals surface area contributed by atoms with E-state index in [-0.39, 0.29) is 5.56 Å². The first-order valence-corrected chi connectivity index (χ1v) is 10.4. The summed E-state index contributed by atoms with van der Waals surface area (Å²) in [6.07, 6.45) is 1.06. The van der Waals surface area contributed by atoms with Gasteiger partial charge in [0.2, 0.25) is 0 Å². The van der Waals surface area contributed by atoms with Crippen molar-refractivity contribution in [2.75, 3.05) is 14.2 Å². The quantitative estimate of drug-likeness (QED) is 0.413. The van der Waals surface area contributed by atoms with E-state index in [1.807, 2.05) is 48.5 Å². The van der Waals surface area contributed by atoms with Crippen LogP contribution >= 0.6 is 0 Å². The minimum absolute atomic E-state index is 0.112. The van der Waals surface area contributed by atoms with Crippen molar-refractivity contribution < 1.29 is 9.47 Å². The fourth-order valence-corrected chi connectivity index (χ4v) is 3.69. The van der Waals surface area contributed by atoms with Crippen LogP contribution in [-0.2, 0) is 0 Å². The number of fused-ring (bicyclic) bond motifs is 1. The third-order valence-corrected chi connectivity index (χ3v) is 5.72. The molecule has 5 nitrogen and oxygen atoms in total. The molecule has 4 aromatic rings. The summed E-state index contributed by atoms with van der Waals surface area (Å²) >= 11 is 0. The molecule has 0 unspecified atom stereocenters. The summed E-state index contributed by atoms with van der Waals surface area (Å²) in [4.78, 5) is 18.4. The van der Waals surface area contributed by atoms with Crippen LogP contribution in [0.5, 0.6) is 11.5 Å². The van der Waals surface area contributed by atoms with Crippen LogP contribution in [0.15, 0.2) is 71.5 Å². The van der Waals surface area contributed by atoms with Gasteiger partial charge in [0.15, 0.2) is 0 Å². The predicted molar refractivity (Wildman–Crippen MR) is 125 cm³/mol. The van der Waals surface area contributed by atoms with Gasteiger partial charge in [-0.25, -0.2) is 4.98 Å². The summed E-state index contributed by atoms with van der Waals surface area (Å²) in [5.41, 5.74) is 3.30. The van der Waals surface area contributed by atoms with Crippen LogP contribution in [0.3, 0.4) is 0 Å². The molecule has 158 valence electrons. The van der Waals surface area contributed by atoms with Crippen LogP contribution in [0.2, 0.25) is 0 Å². The Hall–Kier alpha value is -3.60. The number of nitrogens with zero attached hydrogens (tertiary/aromatic N) is 2. The fourth-order valence-electron chi connectivity index (χ4n) is 3.69. The number of benzene rings is 3. The highest BCUT2D eigenvalue weighted by Gasteiger charge is 2.16. The molecule has 3 aromatic carbocycles. The van der Waals surface area contributed by atoms with Crippen molar-refractivity contribution in [3.8, 4) is 28.6 Å². The molecule has 0 spiro atoms. The molecule has 1 heterocycles. The Labute approximate surface area is 181 Å². The Kier molecular flexibility index (Phi) is 5.76. The van der Waals surface area contributed by atoms with E-state index in [2.05, 4.69) is 26.0 Å². The topological polar surface area (TPSA) is 53.4 Å². The Balaban J connectivity index is 2.00. The minimum Gasteiger partial charge on any atom is -0.497 e. The highest BCUT2D eigenvalue weighted by atomic mass is 16.5. The van der Waals surface area contributed by atoms with Gasteiger partial charge in [0, 0.05) is 11.6 Å². The second kappa shape index (κ2) is 8.64. The number of hydrogen-bond acceptors (Lipinski definition) is 4. The van der Waals surface area contributed by atoms with Crippen molar-refractivity contribution >= 4 is 10.9 Å². The molecule has 4 rings (SSSR count). The molecule has 31 heavy (non-hydrogen) atoms. The molecule has 0 N–H and O–H groups in total. The molecule has 1 atom stereocenters. The van der Waals surface area contributed by atoms with E-state index < -0.39 is 0 Å². The van der Waals surface area contributed by atoms with E-state index in [0.717, 1.165) is 17.7 Å². The average Bonchev–Trinajstić information content (AvgIpc) is 2.83. The third kappa shape index (κ3) is 3.91. The van der Waals surface area contributed by atoms with Gasteiger partial charge in [-0.3, -0.25) is 9.36 Å². The SMILES string of the molecule is CC[C@@H](C)c1ccc(-n2c(-c3cc(OC)cc(OC)c3)nc3ccccc3c2=O)cc1. The van der Waals surface area contributed by atoms with Crippen LogP contribution in [0, 0.1) is 0 Å². The second-order valence-corrected chi connectivity index (χ2v) is 7.60. The number of methoxy groups -OCH3 is 2. The molecule has 0 aliphatic carbocycles. The van der Waals surface area contributed by atoms with Crippen molar-refractivity contribution in [1.29, 1.82) is 0 Å². The van der Waals surface area contributed by atoms with E-state index in [0.29, 0.717) is 34.1 Å². The minimum atomic E-state index is -0.112. The molecule has 0 aliphatic rings. The standard InChI is InChI=1S/C26H26N2O3/c1-5-17(2)18-10-12-20(13-11-18)28-25(19-14-21(30-3)16-22(15-19)31-4)27-24-9-7-6-8-23(24)26(28)29/h6-17H,5H2,1-4H3/t17-/m1/s1. The zero-order valence-electron chi connectivity index (χ0n) is 18.3. The molecule has 0 bridgehead atoms. The zero-order chi connectivity index (χ0) is 22.0. The van der Waals surface area contributed by atoms with E-state index in [1.54, 1.807) is 24.9 Å². The maximum Gasteiger partial charge on any atom is 0.266 e. The van der Waals surface area contributed by atoms with E-state index in [4.69, 9.17) is 14.5 Å². The lowest BCUT2D eigenvalue weighted by Crippen LogP contribution is -2.22. The van der Waals surface area contributed by atoms with Gasteiger partial charge in [0.1, 0.15) is 17.3 Å². The van der Waals surface area contributed by atoms with E-state index >= 15 is 0 Å². The number of ether oxygens (including phenoxy) is 2. The van der Waals surface area contributed by atoms with Crippen LogP contribution in [-0.4, -0.2) is 23.8 Å². The van der Waals surface area contributed by atoms with Crippen LogP contribution in [0.25, 0.3) is 28.0 Å². The number of para-hydroxylation sites is 1.